The third-order valence-electron chi connectivity index (χ3n) is 2.37. The highest BCUT2D eigenvalue weighted by Gasteiger charge is 2.18. The number of unbranched alkanes of at least 4 members (excludes halogenated alkanes) is 1. The fourth-order valence-corrected chi connectivity index (χ4v) is 1.48. The van der Waals surface area contributed by atoms with E-state index in [-0.39, 0.29) is 11.9 Å². The van der Waals surface area contributed by atoms with E-state index in [1.807, 2.05) is 11.8 Å². The van der Waals surface area contributed by atoms with Gasteiger partial charge in [-0.3, -0.25) is 4.79 Å². The Morgan fingerprint density at radius 1 is 1.29 bits per heavy atom. The molecule has 0 saturated carbocycles. The molecule has 0 aromatic heterocycles. The van der Waals surface area contributed by atoms with Crippen molar-refractivity contribution in [3.63, 3.8) is 0 Å². The van der Waals surface area contributed by atoms with Crippen molar-refractivity contribution < 1.29 is 4.79 Å². The van der Waals surface area contributed by atoms with E-state index in [4.69, 9.17) is 5.73 Å². The third-order valence-corrected chi connectivity index (χ3v) is 2.37. The van der Waals surface area contributed by atoms with Gasteiger partial charge in [0.15, 0.2) is 0 Å². The molecule has 1 atom stereocenters. The van der Waals surface area contributed by atoms with Crippen LogP contribution in [-0.4, -0.2) is 29.9 Å². The summed E-state index contributed by atoms with van der Waals surface area (Å²) in [7, 11) is 0. The maximum Gasteiger partial charge on any atom is 0.239 e. The average Bonchev–Trinajstić information content (AvgIpc) is 2.21. The number of nitrogens with two attached hydrogens (primary N) is 1. The van der Waals surface area contributed by atoms with Crippen molar-refractivity contribution in [2.75, 3.05) is 13.1 Å². The maximum atomic E-state index is 11.8. The first-order chi connectivity index (χ1) is 6.67. The van der Waals surface area contributed by atoms with Crippen LogP contribution < -0.4 is 5.73 Å². The second kappa shape index (κ2) is 7.80. The van der Waals surface area contributed by atoms with Gasteiger partial charge in [-0.25, -0.2) is 0 Å². The smallest absolute Gasteiger partial charge is 0.239 e. The second-order valence-corrected chi connectivity index (χ2v) is 3.67. The standard InChI is InChI=1S/C11H24N2O/c1-4-7-8-10(12)11(14)13(6-3)9-5-2/h10H,4-9,12H2,1-3H3. The van der Waals surface area contributed by atoms with E-state index in [0.717, 1.165) is 38.8 Å². The van der Waals surface area contributed by atoms with Crippen LogP contribution in [-0.2, 0) is 4.79 Å². The van der Waals surface area contributed by atoms with Gasteiger partial charge in [0, 0.05) is 13.1 Å². The first-order valence-corrected chi connectivity index (χ1v) is 5.71. The Balaban J connectivity index is 3.99. The SMILES string of the molecule is CCCCC(N)C(=O)N(CC)CCC. The van der Waals surface area contributed by atoms with Gasteiger partial charge < -0.3 is 10.6 Å². The number of rotatable bonds is 7. The van der Waals surface area contributed by atoms with Gasteiger partial charge in [-0.15, -0.1) is 0 Å². The van der Waals surface area contributed by atoms with Crippen LogP contribution in [0.2, 0.25) is 0 Å². The van der Waals surface area contributed by atoms with E-state index in [2.05, 4.69) is 13.8 Å². The van der Waals surface area contributed by atoms with Gasteiger partial charge >= 0.3 is 0 Å². The zero-order chi connectivity index (χ0) is 11.0. The van der Waals surface area contributed by atoms with E-state index < -0.39 is 0 Å². The number of carbonyl (C=O) groups excluding carboxylic acids is 1. The van der Waals surface area contributed by atoms with Crippen molar-refractivity contribution in [3.05, 3.63) is 0 Å². The molecule has 1 unspecified atom stereocenters. The minimum absolute atomic E-state index is 0.114. The molecule has 0 spiro atoms. The van der Waals surface area contributed by atoms with Gasteiger partial charge in [-0.05, 0) is 19.8 Å². The van der Waals surface area contributed by atoms with Crippen molar-refractivity contribution in [1.29, 1.82) is 0 Å². The first-order valence-electron chi connectivity index (χ1n) is 5.71. The molecule has 3 heteroatoms. The lowest BCUT2D eigenvalue weighted by Crippen LogP contribution is -2.43. The lowest BCUT2D eigenvalue weighted by molar-refractivity contribution is -0.132. The molecular weight excluding hydrogens is 176 g/mol. The minimum atomic E-state index is -0.290. The van der Waals surface area contributed by atoms with Crippen molar-refractivity contribution in [1.82, 2.24) is 4.90 Å². The molecule has 0 aliphatic heterocycles. The predicted octanol–water partition coefficient (Wildman–Crippen LogP) is 1.76. The molecule has 0 aromatic rings. The summed E-state index contributed by atoms with van der Waals surface area (Å²) in [6.07, 6.45) is 3.95. The van der Waals surface area contributed by atoms with Crippen molar-refractivity contribution in [2.24, 2.45) is 5.73 Å². The van der Waals surface area contributed by atoms with Crippen LogP contribution in [0.15, 0.2) is 0 Å². The molecule has 0 rings (SSSR count). The highest BCUT2D eigenvalue weighted by atomic mass is 16.2. The second-order valence-electron chi connectivity index (χ2n) is 3.67. The molecule has 3 nitrogen and oxygen atoms in total. The highest BCUT2D eigenvalue weighted by molar-refractivity contribution is 5.81. The number of likely N-dealkylation sites (N-methyl/N-ethyl adjacent to an activating group) is 1. The summed E-state index contributed by atoms with van der Waals surface area (Å²) in [6, 6.07) is -0.290. The van der Waals surface area contributed by atoms with Crippen LogP contribution in [0.4, 0.5) is 0 Å². The van der Waals surface area contributed by atoms with Crippen LogP contribution in [0, 0.1) is 0 Å². The molecule has 0 saturated heterocycles. The van der Waals surface area contributed by atoms with Gasteiger partial charge in [-0.1, -0.05) is 26.7 Å². The Bertz CT molecular complexity index is 159. The molecule has 0 fully saturated rings. The monoisotopic (exact) mass is 200 g/mol. The van der Waals surface area contributed by atoms with Gasteiger partial charge in [0.25, 0.3) is 0 Å². The van der Waals surface area contributed by atoms with Gasteiger partial charge in [0.05, 0.1) is 6.04 Å². The van der Waals surface area contributed by atoms with Crippen LogP contribution in [0.1, 0.15) is 46.5 Å². The number of nitrogens with zero attached hydrogens (tertiary/aromatic N) is 1. The molecule has 2 N–H and O–H groups in total. The average molecular weight is 200 g/mol. The van der Waals surface area contributed by atoms with Crippen LogP contribution in [0.25, 0.3) is 0 Å². The molecule has 14 heavy (non-hydrogen) atoms. The lowest BCUT2D eigenvalue weighted by atomic mass is 10.1. The van der Waals surface area contributed by atoms with Crippen LogP contribution in [0.3, 0.4) is 0 Å². The fraction of sp³-hybridized carbons (Fsp3) is 0.909. The summed E-state index contributed by atoms with van der Waals surface area (Å²) >= 11 is 0. The number of hydrogen-bond donors (Lipinski definition) is 1. The summed E-state index contributed by atoms with van der Waals surface area (Å²) in [5.41, 5.74) is 5.82. The first kappa shape index (κ1) is 13.4. The maximum absolute atomic E-state index is 11.8. The Labute approximate surface area is 87.6 Å². The van der Waals surface area contributed by atoms with Gasteiger partial charge in [0.2, 0.25) is 5.91 Å². The Hall–Kier alpha value is -0.570. The highest BCUT2D eigenvalue weighted by Crippen LogP contribution is 2.03. The molecule has 0 heterocycles. The van der Waals surface area contributed by atoms with E-state index in [9.17, 15) is 4.79 Å². The summed E-state index contributed by atoms with van der Waals surface area (Å²) in [5, 5.41) is 0. The normalized spacial score (nSPS) is 12.6. The van der Waals surface area contributed by atoms with Crippen molar-refractivity contribution in [2.45, 2.75) is 52.5 Å². The minimum Gasteiger partial charge on any atom is -0.342 e. The fourth-order valence-electron chi connectivity index (χ4n) is 1.48. The molecule has 0 aliphatic rings. The van der Waals surface area contributed by atoms with Crippen molar-refractivity contribution >= 4 is 5.91 Å². The van der Waals surface area contributed by atoms with Crippen molar-refractivity contribution in [3.8, 4) is 0 Å². The summed E-state index contributed by atoms with van der Waals surface area (Å²) in [5.74, 6) is 0.114. The Morgan fingerprint density at radius 3 is 2.36 bits per heavy atom. The molecule has 0 bridgehead atoms. The quantitative estimate of drug-likeness (QED) is 0.680. The van der Waals surface area contributed by atoms with Crippen LogP contribution >= 0.6 is 0 Å². The zero-order valence-corrected chi connectivity index (χ0v) is 9.75. The summed E-state index contributed by atoms with van der Waals surface area (Å²) in [6.45, 7) is 7.79. The summed E-state index contributed by atoms with van der Waals surface area (Å²) in [4.78, 5) is 13.6. The van der Waals surface area contributed by atoms with Gasteiger partial charge in [0.1, 0.15) is 0 Å². The summed E-state index contributed by atoms with van der Waals surface area (Å²) < 4.78 is 0. The van der Waals surface area contributed by atoms with E-state index >= 15 is 0 Å². The molecule has 0 aliphatic carbocycles. The Kier molecular flexibility index (Phi) is 7.48. The molecular formula is C11H24N2O. The molecule has 0 aromatic carbocycles. The van der Waals surface area contributed by atoms with Gasteiger partial charge in [-0.2, -0.15) is 0 Å². The predicted molar refractivity (Wildman–Crippen MR) is 60.0 cm³/mol. The molecule has 0 radical (unpaired) electrons. The number of hydrogen-bond acceptors (Lipinski definition) is 2. The zero-order valence-electron chi connectivity index (χ0n) is 9.75. The largest absolute Gasteiger partial charge is 0.342 e. The third kappa shape index (κ3) is 4.61. The lowest BCUT2D eigenvalue weighted by Gasteiger charge is -2.23. The number of amides is 1. The topological polar surface area (TPSA) is 46.3 Å². The Morgan fingerprint density at radius 2 is 1.93 bits per heavy atom. The van der Waals surface area contributed by atoms with E-state index in [1.165, 1.54) is 0 Å². The van der Waals surface area contributed by atoms with E-state index in [0.29, 0.717) is 0 Å². The number of carbonyl (C=O) groups is 1. The molecule has 84 valence electrons. The van der Waals surface area contributed by atoms with Crippen LogP contribution in [0.5, 0.6) is 0 Å². The molecule has 1 amide bonds. The van der Waals surface area contributed by atoms with E-state index in [1.54, 1.807) is 0 Å².